The van der Waals surface area contributed by atoms with Gasteiger partial charge in [-0.1, -0.05) is 13.8 Å². The summed E-state index contributed by atoms with van der Waals surface area (Å²) in [5.41, 5.74) is 5.57. The predicted octanol–water partition coefficient (Wildman–Crippen LogP) is 2.48. The number of nitrogens with two attached hydrogens (primary N) is 1. The third-order valence-corrected chi connectivity index (χ3v) is 3.55. The molecule has 1 unspecified atom stereocenters. The Morgan fingerprint density at radius 1 is 1.38 bits per heavy atom. The number of hydrogen-bond donors (Lipinski definition) is 1. The Bertz CT molecular complexity index is 212. The number of rotatable bonds is 7. The molecule has 0 saturated heterocycles. The average Bonchev–Trinajstić information content (AvgIpc) is 2.17. The molecule has 94 valence electrons. The minimum atomic E-state index is -0.0210. The molecular formula is C13H25NO2. The Labute approximate surface area is 98.7 Å². The van der Waals surface area contributed by atoms with E-state index < -0.39 is 0 Å². The molecule has 1 saturated carbocycles. The molecule has 1 aliphatic rings. The third kappa shape index (κ3) is 4.52. The molecule has 0 amide bonds. The van der Waals surface area contributed by atoms with Crippen LogP contribution in [0.5, 0.6) is 0 Å². The van der Waals surface area contributed by atoms with Crippen molar-refractivity contribution in [2.24, 2.45) is 17.6 Å². The van der Waals surface area contributed by atoms with Crippen LogP contribution in [0.1, 0.15) is 52.4 Å². The molecule has 3 nitrogen and oxygen atoms in total. The second-order valence-corrected chi connectivity index (χ2v) is 5.16. The van der Waals surface area contributed by atoms with Crippen LogP contribution in [0.25, 0.3) is 0 Å². The van der Waals surface area contributed by atoms with E-state index in [9.17, 15) is 4.79 Å². The van der Waals surface area contributed by atoms with E-state index >= 15 is 0 Å². The van der Waals surface area contributed by atoms with Gasteiger partial charge in [0.25, 0.3) is 0 Å². The first kappa shape index (κ1) is 13.5. The van der Waals surface area contributed by atoms with Crippen LogP contribution in [0.4, 0.5) is 0 Å². The van der Waals surface area contributed by atoms with Crippen LogP contribution in [0.3, 0.4) is 0 Å². The smallest absolute Gasteiger partial charge is 0.306 e. The van der Waals surface area contributed by atoms with Crippen LogP contribution in [-0.2, 0) is 9.53 Å². The van der Waals surface area contributed by atoms with Crippen LogP contribution in [-0.4, -0.2) is 18.6 Å². The van der Waals surface area contributed by atoms with Crippen molar-refractivity contribution in [2.45, 2.75) is 58.5 Å². The first-order chi connectivity index (χ1) is 7.63. The highest BCUT2D eigenvalue weighted by Gasteiger charge is 2.22. The lowest BCUT2D eigenvalue weighted by Crippen LogP contribution is -2.25. The van der Waals surface area contributed by atoms with Crippen molar-refractivity contribution in [2.75, 3.05) is 6.54 Å². The van der Waals surface area contributed by atoms with Gasteiger partial charge in [0.2, 0.25) is 0 Å². The number of hydrogen-bond acceptors (Lipinski definition) is 3. The maximum atomic E-state index is 11.5. The molecule has 1 atom stereocenters. The van der Waals surface area contributed by atoms with Crippen molar-refractivity contribution < 1.29 is 9.53 Å². The minimum Gasteiger partial charge on any atom is -0.462 e. The van der Waals surface area contributed by atoms with E-state index in [1.165, 1.54) is 6.42 Å². The standard InChI is InChI=1S/C13H25NO2/c1-10(2)11(8-9-14)6-7-13(15)16-12-4-3-5-12/h10-12H,3-9,14H2,1-2H3. The van der Waals surface area contributed by atoms with Crippen molar-refractivity contribution in [3.8, 4) is 0 Å². The van der Waals surface area contributed by atoms with E-state index in [0.717, 1.165) is 25.7 Å². The summed E-state index contributed by atoms with van der Waals surface area (Å²) >= 11 is 0. The summed E-state index contributed by atoms with van der Waals surface area (Å²) in [6.45, 7) is 5.09. The molecule has 16 heavy (non-hydrogen) atoms. The van der Waals surface area contributed by atoms with E-state index in [1.807, 2.05) is 0 Å². The number of ether oxygens (including phenoxy) is 1. The summed E-state index contributed by atoms with van der Waals surface area (Å²) < 4.78 is 5.32. The Kier molecular flexibility index (Phi) is 5.81. The molecule has 1 rings (SSSR count). The normalized spacial score (nSPS) is 18.2. The molecule has 0 radical (unpaired) electrons. The first-order valence-electron chi connectivity index (χ1n) is 6.53. The Hall–Kier alpha value is -0.570. The van der Waals surface area contributed by atoms with Gasteiger partial charge in [0, 0.05) is 6.42 Å². The Balaban J connectivity index is 2.16. The van der Waals surface area contributed by atoms with E-state index in [4.69, 9.17) is 10.5 Å². The van der Waals surface area contributed by atoms with Gasteiger partial charge >= 0.3 is 5.97 Å². The van der Waals surface area contributed by atoms with Crippen LogP contribution in [0.15, 0.2) is 0 Å². The third-order valence-electron chi connectivity index (χ3n) is 3.55. The fourth-order valence-corrected chi connectivity index (χ4v) is 2.06. The maximum Gasteiger partial charge on any atom is 0.306 e. The van der Waals surface area contributed by atoms with Crippen molar-refractivity contribution in [1.82, 2.24) is 0 Å². The SMILES string of the molecule is CC(C)C(CCN)CCC(=O)OC1CCC1. The average molecular weight is 227 g/mol. The molecule has 0 aliphatic heterocycles. The molecule has 3 heteroatoms. The lowest BCUT2D eigenvalue weighted by atomic mass is 9.88. The zero-order valence-corrected chi connectivity index (χ0v) is 10.6. The second kappa shape index (κ2) is 6.89. The molecule has 0 aromatic heterocycles. The zero-order chi connectivity index (χ0) is 12.0. The number of carbonyl (C=O) groups is 1. The monoisotopic (exact) mass is 227 g/mol. The van der Waals surface area contributed by atoms with Gasteiger partial charge in [-0.25, -0.2) is 0 Å². The van der Waals surface area contributed by atoms with Crippen LogP contribution >= 0.6 is 0 Å². The molecule has 0 aromatic carbocycles. The molecule has 1 aliphatic carbocycles. The molecule has 2 N–H and O–H groups in total. The molecule has 0 heterocycles. The largest absolute Gasteiger partial charge is 0.462 e. The number of esters is 1. The van der Waals surface area contributed by atoms with Crippen LogP contribution in [0.2, 0.25) is 0 Å². The van der Waals surface area contributed by atoms with E-state index in [0.29, 0.717) is 24.8 Å². The summed E-state index contributed by atoms with van der Waals surface area (Å²) in [6, 6.07) is 0. The van der Waals surface area contributed by atoms with Gasteiger partial charge in [0.05, 0.1) is 0 Å². The van der Waals surface area contributed by atoms with Crippen molar-refractivity contribution in [1.29, 1.82) is 0 Å². The summed E-state index contributed by atoms with van der Waals surface area (Å²) in [5.74, 6) is 1.13. The van der Waals surface area contributed by atoms with Gasteiger partial charge in [-0.2, -0.15) is 0 Å². The number of carbonyl (C=O) groups excluding carboxylic acids is 1. The summed E-state index contributed by atoms with van der Waals surface area (Å²) in [7, 11) is 0. The second-order valence-electron chi connectivity index (χ2n) is 5.16. The van der Waals surface area contributed by atoms with Crippen molar-refractivity contribution >= 4 is 5.97 Å². The molecule has 0 bridgehead atoms. The first-order valence-corrected chi connectivity index (χ1v) is 6.53. The summed E-state index contributed by atoms with van der Waals surface area (Å²) in [5, 5.41) is 0. The summed E-state index contributed by atoms with van der Waals surface area (Å²) in [6.07, 6.45) is 6.03. The van der Waals surface area contributed by atoms with Gasteiger partial charge in [0.15, 0.2) is 0 Å². The van der Waals surface area contributed by atoms with Crippen LogP contribution < -0.4 is 5.73 Å². The Morgan fingerprint density at radius 2 is 2.06 bits per heavy atom. The topological polar surface area (TPSA) is 52.3 Å². The van der Waals surface area contributed by atoms with Gasteiger partial charge in [0.1, 0.15) is 6.10 Å². The lowest BCUT2D eigenvalue weighted by molar-refractivity contribution is -0.153. The maximum absolute atomic E-state index is 11.5. The van der Waals surface area contributed by atoms with Gasteiger partial charge in [-0.3, -0.25) is 4.79 Å². The molecule has 1 fully saturated rings. The highest BCUT2D eigenvalue weighted by Crippen LogP contribution is 2.24. The fourth-order valence-electron chi connectivity index (χ4n) is 2.06. The molecule has 0 spiro atoms. The Morgan fingerprint density at radius 3 is 2.50 bits per heavy atom. The zero-order valence-electron chi connectivity index (χ0n) is 10.6. The van der Waals surface area contributed by atoms with E-state index in [-0.39, 0.29) is 12.1 Å². The lowest BCUT2D eigenvalue weighted by Gasteiger charge is -2.26. The summed E-state index contributed by atoms with van der Waals surface area (Å²) in [4.78, 5) is 11.5. The fraction of sp³-hybridized carbons (Fsp3) is 0.923. The molecule has 0 aromatic rings. The molecular weight excluding hydrogens is 202 g/mol. The predicted molar refractivity (Wildman–Crippen MR) is 65.0 cm³/mol. The highest BCUT2D eigenvalue weighted by molar-refractivity contribution is 5.69. The minimum absolute atomic E-state index is 0.0210. The van der Waals surface area contributed by atoms with E-state index in [1.54, 1.807) is 0 Å². The van der Waals surface area contributed by atoms with Gasteiger partial charge < -0.3 is 10.5 Å². The van der Waals surface area contributed by atoms with Gasteiger partial charge in [-0.15, -0.1) is 0 Å². The van der Waals surface area contributed by atoms with Gasteiger partial charge in [-0.05, 0) is 50.5 Å². The van der Waals surface area contributed by atoms with Crippen molar-refractivity contribution in [3.05, 3.63) is 0 Å². The highest BCUT2D eigenvalue weighted by atomic mass is 16.5. The van der Waals surface area contributed by atoms with E-state index in [2.05, 4.69) is 13.8 Å². The van der Waals surface area contributed by atoms with Crippen LogP contribution in [0, 0.1) is 11.8 Å². The quantitative estimate of drug-likeness (QED) is 0.680. The van der Waals surface area contributed by atoms with Crippen molar-refractivity contribution in [3.63, 3.8) is 0 Å².